The van der Waals surface area contributed by atoms with Gasteiger partial charge in [0.2, 0.25) is 0 Å². The van der Waals surface area contributed by atoms with E-state index in [4.69, 9.17) is 36.3 Å². The average molecular weight is 454 g/mol. The minimum absolute atomic E-state index is 0.135. The Labute approximate surface area is 168 Å². The molecule has 0 heterocycles. The minimum atomic E-state index is -5.08. The number of aliphatic hydroxyl groups excluding tert-OH is 1. The molecule has 7 N–H and O–H groups in total. The van der Waals surface area contributed by atoms with Gasteiger partial charge in [0.25, 0.3) is 0 Å². The van der Waals surface area contributed by atoms with Gasteiger partial charge in [-0.3, -0.25) is 9.59 Å². The molecule has 0 unspecified atom stereocenters. The van der Waals surface area contributed by atoms with Crippen molar-refractivity contribution in [3.05, 3.63) is 0 Å². The first-order chi connectivity index (χ1) is 12.9. The molecule has 0 rings (SSSR count). The number of carboxylic acids is 2. The molecule has 0 bridgehead atoms. The van der Waals surface area contributed by atoms with Crippen LogP contribution >= 0.6 is 23.5 Å². The second-order valence-corrected chi connectivity index (χ2v) is 7.40. The van der Waals surface area contributed by atoms with Crippen LogP contribution in [0.25, 0.3) is 0 Å². The summed E-state index contributed by atoms with van der Waals surface area (Å²) in [7, 11) is 0. The van der Waals surface area contributed by atoms with Crippen molar-refractivity contribution in [1.29, 1.82) is 0 Å². The molecule has 9 nitrogen and oxygen atoms in total. The molecule has 0 saturated heterocycles. The number of aliphatic hydroxyl groups is 1. The Morgan fingerprint density at radius 1 is 0.964 bits per heavy atom. The summed E-state index contributed by atoms with van der Waals surface area (Å²) in [6.07, 6.45) is -3.77. The quantitative estimate of drug-likeness (QED) is 0.189. The van der Waals surface area contributed by atoms with E-state index in [9.17, 15) is 22.8 Å². The predicted octanol–water partition coefficient (Wildman–Crippen LogP) is 0.141. The molecule has 2 atom stereocenters. The van der Waals surface area contributed by atoms with Gasteiger partial charge in [-0.15, -0.1) is 0 Å². The number of halogens is 3. The highest BCUT2D eigenvalue weighted by atomic mass is 32.2. The van der Waals surface area contributed by atoms with Gasteiger partial charge in [0.15, 0.2) is 0 Å². The molecule has 0 aliphatic carbocycles. The summed E-state index contributed by atoms with van der Waals surface area (Å²) in [6, 6.07) is -1.51. The van der Waals surface area contributed by atoms with E-state index in [1.54, 1.807) is 0 Å². The number of thioether (sulfide) groups is 2. The summed E-state index contributed by atoms with van der Waals surface area (Å²) >= 11 is 2.92. The van der Waals surface area contributed by atoms with Crippen molar-refractivity contribution < 1.29 is 47.6 Å². The molecule has 0 radical (unpaired) electrons. The van der Waals surface area contributed by atoms with E-state index in [1.807, 2.05) is 0 Å². The highest BCUT2D eigenvalue weighted by molar-refractivity contribution is 7.99. The predicted molar refractivity (Wildman–Crippen MR) is 99.2 cm³/mol. The number of ether oxygens (including phenoxy) is 1. The molecule has 0 aliphatic heterocycles. The van der Waals surface area contributed by atoms with Crippen LogP contribution in [-0.4, -0.2) is 87.7 Å². The first kappa shape index (κ1) is 29.0. The van der Waals surface area contributed by atoms with Crippen molar-refractivity contribution in [2.75, 3.05) is 36.2 Å². The van der Waals surface area contributed by atoms with Crippen LogP contribution in [0.4, 0.5) is 13.2 Å². The summed E-state index contributed by atoms with van der Waals surface area (Å²) < 4.78 is 36.8. The number of alkyl halides is 3. The van der Waals surface area contributed by atoms with Crippen LogP contribution in [0.2, 0.25) is 0 Å². The second kappa shape index (κ2) is 16.7. The van der Waals surface area contributed by atoms with E-state index in [0.29, 0.717) is 30.1 Å². The summed E-state index contributed by atoms with van der Waals surface area (Å²) in [5.74, 6) is -1.96. The number of aliphatic carboxylic acids is 2. The molecule has 0 aromatic heterocycles. The second-order valence-electron chi connectivity index (χ2n) is 5.10. The topological polar surface area (TPSA) is 173 Å². The van der Waals surface area contributed by atoms with Gasteiger partial charge in [0, 0.05) is 18.1 Å². The van der Waals surface area contributed by atoms with E-state index in [0.717, 1.165) is 5.75 Å². The highest BCUT2D eigenvalue weighted by Crippen LogP contribution is 2.13. The fourth-order valence-corrected chi connectivity index (χ4v) is 2.94. The highest BCUT2D eigenvalue weighted by Gasteiger charge is 2.38. The molecule has 0 fully saturated rings. The maximum atomic E-state index is 11.5. The van der Waals surface area contributed by atoms with Crippen molar-refractivity contribution in [3.63, 3.8) is 0 Å². The lowest BCUT2D eigenvalue weighted by molar-refractivity contribution is -0.192. The number of carbonyl (C=O) groups excluding carboxylic acids is 1. The van der Waals surface area contributed by atoms with Crippen LogP contribution < -0.4 is 11.5 Å². The van der Waals surface area contributed by atoms with Crippen LogP contribution in [0.1, 0.15) is 12.8 Å². The Morgan fingerprint density at radius 3 is 1.86 bits per heavy atom. The van der Waals surface area contributed by atoms with E-state index in [2.05, 4.69) is 0 Å². The Hall–Kier alpha value is -1.22. The summed E-state index contributed by atoms with van der Waals surface area (Å²) in [5, 5.41) is 24.3. The molecule has 0 aliphatic rings. The number of nitrogens with two attached hydrogens (primary N) is 2. The molecule has 166 valence electrons. The molecule has 0 saturated carbocycles. The van der Waals surface area contributed by atoms with Gasteiger partial charge < -0.3 is 31.5 Å². The number of carboxylic acid groups (broad SMARTS) is 2. The monoisotopic (exact) mass is 454 g/mol. The number of hydrogen-bond acceptors (Lipinski definition) is 9. The van der Waals surface area contributed by atoms with Gasteiger partial charge in [0.05, 0.1) is 6.61 Å². The standard InChI is InChI=1S/C12H24N2O5S2.C2HF3O2/c13-9(11(16)17)7-21-6-2-4-19-12(18)10(14)8-20-5-1-3-15;3-2(4,5)1(6)7/h9-10,15H,1-8,13-14H2,(H,16,17);(H,6,7)/t9-,10-;/m0./s1. The normalized spacial score (nSPS) is 13.1. The average Bonchev–Trinajstić information content (AvgIpc) is 2.60. The molecule has 14 heteroatoms. The first-order valence-electron chi connectivity index (χ1n) is 7.90. The van der Waals surface area contributed by atoms with Gasteiger partial charge >= 0.3 is 24.1 Å². The van der Waals surface area contributed by atoms with Crippen LogP contribution in [0.3, 0.4) is 0 Å². The minimum Gasteiger partial charge on any atom is -0.480 e. The van der Waals surface area contributed by atoms with E-state index in [1.165, 1.54) is 23.5 Å². The molecule has 0 amide bonds. The Morgan fingerprint density at radius 2 is 1.43 bits per heavy atom. The Kier molecular flexibility index (Phi) is 17.3. The third-order valence-corrected chi connectivity index (χ3v) is 4.93. The number of esters is 1. The van der Waals surface area contributed by atoms with Gasteiger partial charge in [-0.25, -0.2) is 4.79 Å². The van der Waals surface area contributed by atoms with Crippen LogP contribution in [0.15, 0.2) is 0 Å². The van der Waals surface area contributed by atoms with E-state index >= 15 is 0 Å². The molecular formula is C14H25F3N2O7S2. The van der Waals surface area contributed by atoms with Crippen LogP contribution in [-0.2, 0) is 19.1 Å². The SMILES string of the molecule is N[C@@H](CSCCCOC(=O)[C@@H](N)CSCCCO)C(=O)O.O=C(O)C(F)(F)F. The maximum absolute atomic E-state index is 11.5. The van der Waals surface area contributed by atoms with Crippen molar-refractivity contribution in [2.24, 2.45) is 11.5 Å². The molecule has 28 heavy (non-hydrogen) atoms. The lowest BCUT2D eigenvalue weighted by atomic mass is 10.4. The lowest BCUT2D eigenvalue weighted by Crippen LogP contribution is -2.35. The van der Waals surface area contributed by atoms with Gasteiger partial charge in [0.1, 0.15) is 12.1 Å². The third-order valence-electron chi connectivity index (χ3n) is 2.58. The molecular weight excluding hydrogens is 429 g/mol. The number of rotatable bonds is 13. The number of hydrogen-bond donors (Lipinski definition) is 5. The molecule has 0 aromatic rings. The van der Waals surface area contributed by atoms with Gasteiger partial charge in [-0.1, -0.05) is 0 Å². The fourth-order valence-electron chi connectivity index (χ4n) is 1.17. The maximum Gasteiger partial charge on any atom is 0.490 e. The Bertz CT molecular complexity index is 471. The number of carbonyl (C=O) groups is 3. The van der Waals surface area contributed by atoms with Crippen molar-refractivity contribution in [1.82, 2.24) is 0 Å². The third kappa shape index (κ3) is 18.2. The Balaban J connectivity index is 0. The zero-order valence-electron chi connectivity index (χ0n) is 14.9. The van der Waals surface area contributed by atoms with E-state index in [-0.39, 0.29) is 13.2 Å². The first-order valence-corrected chi connectivity index (χ1v) is 10.2. The zero-order valence-corrected chi connectivity index (χ0v) is 16.5. The smallest absolute Gasteiger partial charge is 0.480 e. The fraction of sp³-hybridized carbons (Fsp3) is 0.786. The summed E-state index contributed by atoms with van der Waals surface area (Å²) in [4.78, 5) is 30.9. The summed E-state index contributed by atoms with van der Waals surface area (Å²) in [5.41, 5.74) is 11.0. The van der Waals surface area contributed by atoms with Crippen LogP contribution in [0.5, 0.6) is 0 Å². The van der Waals surface area contributed by atoms with E-state index < -0.39 is 36.2 Å². The van der Waals surface area contributed by atoms with Crippen LogP contribution in [0, 0.1) is 0 Å². The van der Waals surface area contributed by atoms with Gasteiger partial charge in [-0.05, 0) is 24.3 Å². The molecule has 0 aromatic carbocycles. The van der Waals surface area contributed by atoms with Crippen molar-refractivity contribution in [2.45, 2.75) is 31.1 Å². The van der Waals surface area contributed by atoms with Gasteiger partial charge in [-0.2, -0.15) is 36.7 Å². The largest absolute Gasteiger partial charge is 0.490 e. The van der Waals surface area contributed by atoms with Crippen molar-refractivity contribution in [3.8, 4) is 0 Å². The summed E-state index contributed by atoms with van der Waals surface area (Å²) in [6.45, 7) is 0.402. The molecule has 0 spiro atoms. The lowest BCUT2D eigenvalue weighted by Gasteiger charge is -2.11. The van der Waals surface area contributed by atoms with Crippen molar-refractivity contribution >= 4 is 41.4 Å². The zero-order chi connectivity index (χ0) is 22.2.